The molecule has 1 aromatic heterocycles. The van der Waals surface area contributed by atoms with E-state index in [-0.39, 0.29) is 12.1 Å². The van der Waals surface area contributed by atoms with E-state index in [9.17, 15) is 14.9 Å². The van der Waals surface area contributed by atoms with Gasteiger partial charge in [-0.1, -0.05) is 15.9 Å². The van der Waals surface area contributed by atoms with Crippen LogP contribution in [0, 0.1) is 17.0 Å². The molecule has 0 fully saturated rings. The zero-order valence-corrected chi connectivity index (χ0v) is 12.1. The lowest BCUT2D eigenvalue weighted by atomic mass is 10.0. The van der Waals surface area contributed by atoms with Crippen LogP contribution in [0.4, 0.5) is 5.69 Å². The van der Waals surface area contributed by atoms with Gasteiger partial charge in [0.1, 0.15) is 6.04 Å². The lowest BCUT2D eigenvalue weighted by Gasteiger charge is -2.06. The third-order valence-electron chi connectivity index (χ3n) is 3.10. The summed E-state index contributed by atoms with van der Waals surface area (Å²) in [5, 5.41) is 20.5. The minimum Gasteiger partial charge on any atom is -0.480 e. The van der Waals surface area contributed by atoms with Crippen molar-refractivity contribution < 1.29 is 14.8 Å². The SMILES string of the molecule is Cc1[nH]c2cc(Br)cc([N+](=O)[O-])c2c1CC(N)C(=O)O. The molecule has 2 aromatic rings. The molecule has 8 heteroatoms. The zero-order chi connectivity index (χ0) is 15.0. The maximum absolute atomic E-state index is 11.2. The third-order valence-corrected chi connectivity index (χ3v) is 3.55. The molecule has 0 radical (unpaired) electrons. The number of nitro groups is 1. The second kappa shape index (κ2) is 5.22. The molecule has 1 atom stereocenters. The van der Waals surface area contributed by atoms with Gasteiger partial charge >= 0.3 is 5.97 Å². The number of fused-ring (bicyclic) bond motifs is 1. The molecule has 0 saturated carbocycles. The van der Waals surface area contributed by atoms with Crippen molar-refractivity contribution in [2.45, 2.75) is 19.4 Å². The Hall–Kier alpha value is -1.93. The molecule has 0 aliphatic heterocycles. The van der Waals surface area contributed by atoms with Crippen LogP contribution in [-0.4, -0.2) is 27.0 Å². The molecule has 7 nitrogen and oxygen atoms in total. The number of nitrogens with two attached hydrogens (primary N) is 1. The predicted octanol–water partition coefficient (Wildman–Crippen LogP) is 2.10. The number of hydrogen-bond donors (Lipinski definition) is 3. The molecule has 0 aliphatic carbocycles. The van der Waals surface area contributed by atoms with Crippen molar-refractivity contribution in [3.05, 3.63) is 38.0 Å². The molecule has 1 heterocycles. The van der Waals surface area contributed by atoms with Crippen LogP contribution < -0.4 is 5.73 Å². The predicted molar refractivity (Wildman–Crippen MR) is 76.7 cm³/mol. The van der Waals surface area contributed by atoms with Crippen LogP contribution in [0.5, 0.6) is 0 Å². The number of nitrogens with one attached hydrogen (secondary N) is 1. The summed E-state index contributed by atoms with van der Waals surface area (Å²) in [4.78, 5) is 24.6. The van der Waals surface area contributed by atoms with Gasteiger partial charge in [-0.15, -0.1) is 0 Å². The molecule has 20 heavy (non-hydrogen) atoms. The fraction of sp³-hybridized carbons (Fsp3) is 0.250. The highest BCUT2D eigenvalue weighted by Crippen LogP contribution is 2.34. The van der Waals surface area contributed by atoms with Crippen LogP contribution in [0.25, 0.3) is 10.9 Å². The molecule has 2 rings (SSSR count). The van der Waals surface area contributed by atoms with Crippen molar-refractivity contribution in [3.63, 3.8) is 0 Å². The number of aryl methyl sites for hydroxylation is 1. The molecular formula is C12H12BrN3O4. The summed E-state index contributed by atoms with van der Waals surface area (Å²) in [6, 6.07) is 2.01. The van der Waals surface area contributed by atoms with E-state index in [1.807, 2.05) is 0 Å². The molecule has 106 valence electrons. The van der Waals surface area contributed by atoms with Crippen molar-refractivity contribution in [2.75, 3.05) is 0 Å². The smallest absolute Gasteiger partial charge is 0.320 e. The van der Waals surface area contributed by atoms with E-state index in [2.05, 4.69) is 20.9 Å². The van der Waals surface area contributed by atoms with Crippen molar-refractivity contribution in [2.24, 2.45) is 5.73 Å². The number of benzene rings is 1. The maximum Gasteiger partial charge on any atom is 0.320 e. The fourth-order valence-corrected chi connectivity index (χ4v) is 2.63. The third kappa shape index (κ3) is 2.52. The Morgan fingerprint density at radius 3 is 2.80 bits per heavy atom. The van der Waals surface area contributed by atoms with Gasteiger partial charge in [0, 0.05) is 22.7 Å². The highest BCUT2D eigenvalue weighted by molar-refractivity contribution is 9.10. The molecule has 4 N–H and O–H groups in total. The van der Waals surface area contributed by atoms with Crippen LogP contribution in [-0.2, 0) is 11.2 Å². The van der Waals surface area contributed by atoms with Crippen molar-refractivity contribution in [3.8, 4) is 0 Å². The normalized spacial score (nSPS) is 12.6. The number of hydrogen-bond acceptors (Lipinski definition) is 4. The van der Waals surface area contributed by atoms with E-state index in [1.165, 1.54) is 6.07 Å². The van der Waals surface area contributed by atoms with E-state index >= 15 is 0 Å². The molecule has 0 bridgehead atoms. The summed E-state index contributed by atoms with van der Waals surface area (Å²) in [6.45, 7) is 1.74. The van der Waals surface area contributed by atoms with E-state index in [4.69, 9.17) is 10.8 Å². The number of nitrogens with zero attached hydrogens (tertiary/aromatic N) is 1. The molecular weight excluding hydrogens is 330 g/mol. The van der Waals surface area contributed by atoms with E-state index in [0.717, 1.165) is 0 Å². The van der Waals surface area contributed by atoms with Gasteiger partial charge in [-0.25, -0.2) is 0 Å². The Morgan fingerprint density at radius 1 is 1.60 bits per heavy atom. The van der Waals surface area contributed by atoms with Gasteiger partial charge in [0.05, 0.1) is 15.8 Å². The minimum atomic E-state index is -1.14. The van der Waals surface area contributed by atoms with Gasteiger partial charge in [-0.05, 0) is 18.6 Å². The first-order valence-corrected chi connectivity index (χ1v) is 6.54. The second-order valence-electron chi connectivity index (χ2n) is 4.48. The van der Waals surface area contributed by atoms with Crippen molar-refractivity contribution in [1.29, 1.82) is 0 Å². The Labute approximate surface area is 122 Å². The lowest BCUT2D eigenvalue weighted by molar-refractivity contribution is -0.383. The first-order chi connectivity index (χ1) is 9.31. The van der Waals surface area contributed by atoms with Crippen molar-refractivity contribution in [1.82, 2.24) is 4.98 Å². The highest BCUT2D eigenvalue weighted by Gasteiger charge is 2.23. The summed E-state index contributed by atoms with van der Waals surface area (Å²) >= 11 is 3.22. The van der Waals surface area contributed by atoms with E-state index in [0.29, 0.717) is 26.6 Å². The number of aromatic amines is 1. The number of carboxylic acid groups (broad SMARTS) is 1. The number of aliphatic carboxylic acids is 1. The number of non-ortho nitro benzene ring substituents is 1. The first kappa shape index (κ1) is 14.5. The molecule has 0 aliphatic rings. The Balaban J connectivity index is 2.68. The number of aromatic nitrogens is 1. The quantitative estimate of drug-likeness (QED) is 0.580. The summed E-state index contributed by atoms with van der Waals surface area (Å²) in [5.41, 5.74) is 7.28. The number of carbonyl (C=O) groups is 1. The Bertz CT molecular complexity index is 710. The summed E-state index contributed by atoms with van der Waals surface area (Å²) in [7, 11) is 0. The van der Waals surface area contributed by atoms with Crippen LogP contribution in [0.3, 0.4) is 0 Å². The van der Waals surface area contributed by atoms with Gasteiger partial charge in [0.25, 0.3) is 5.69 Å². The largest absolute Gasteiger partial charge is 0.480 e. The minimum absolute atomic E-state index is 0.0314. The zero-order valence-electron chi connectivity index (χ0n) is 10.5. The number of carboxylic acids is 1. The topological polar surface area (TPSA) is 122 Å². The Morgan fingerprint density at radius 2 is 2.25 bits per heavy atom. The first-order valence-electron chi connectivity index (χ1n) is 5.74. The number of nitro benzene ring substituents is 1. The van der Waals surface area contributed by atoms with Gasteiger partial charge in [-0.3, -0.25) is 14.9 Å². The van der Waals surface area contributed by atoms with Gasteiger partial charge in [-0.2, -0.15) is 0 Å². The van der Waals surface area contributed by atoms with Gasteiger partial charge in [0.15, 0.2) is 0 Å². The summed E-state index contributed by atoms with van der Waals surface area (Å²) in [5.74, 6) is -1.14. The standard InChI is InChI=1S/C12H12BrN3O4/c1-5-7(4-8(14)12(17)18)11-9(15-5)2-6(13)3-10(11)16(19)20/h2-3,8,15H,4,14H2,1H3,(H,17,18). The average Bonchev–Trinajstić information content (AvgIpc) is 2.64. The number of halogens is 1. The molecule has 0 saturated heterocycles. The van der Waals surface area contributed by atoms with Crippen LogP contribution in [0.2, 0.25) is 0 Å². The molecule has 0 spiro atoms. The molecule has 1 unspecified atom stereocenters. The molecule has 1 aromatic carbocycles. The number of H-pyrrole nitrogens is 1. The van der Waals surface area contributed by atoms with Crippen LogP contribution >= 0.6 is 15.9 Å². The summed E-state index contributed by atoms with van der Waals surface area (Å²) in [6.07, 6.45) is 0.0314. The monoisotopic (exact) mass is 341 g/mol. The van der Waals surface area contributed by atoms with E-state index in [1.54, 1.807) is 13.0 Å². The average molecular weight is 342 g/mol. The van der Waals surface area contributed by atoms with Crippen molar-refractivity contribution >= 4 is 38.5 Å². The van der Waals surface area contributed by atoms with Gasteiger partial charge < -0.3 is 15.8 Å². The summed E-state index contributed by atoms with van der Waals surface area (Å²) < 4.78 is 0.576. The fourth-order valence-electron chi connectivity index (χ4n) is 2.18. The highest BCUT2D eigenvalue weighted by atomic mass is 79.9. The van der Waals surface area contributed by atoms with Gasteiger partial charge in [0.2, 0.25) is 0 Å². The number of rotatable bonds is 4. The van der Waals surface area contributed by atoms with Crippen LogP contribution in [0.15, 0.2) is 16.6 Å². The maximum atomic E-state index is 11.2. The second-order valence-corrected chi connectivity index (χ2v) is 5.40. The lowest BCUT2D eigenvalue weighted by Crippen LogP contribution is -2.32. The molecule has 0 amide bonds. The Kier molecular flexibility index (Phi) is 3.78. The van der Waals surface area contributed by atoms with E-state index < -0.39 is 16.9 Å². The van der Waals surface area contributed by atoms with Crippen LogP contribution in [0.1, 0.15) is 11.3 Å².